The Labute approximate surface area is 239 Å². The number of unbranched alkanes of at least 4 members (excludes halogenated alkanes) is 3. The van der Waals surface area contributed by atoms with Gasteiger partial charge in [0.15, 0.2) is 0 Å². The van der Waals surface area contributed by atoms with Crippen LogP contribution in [0.5, 0.6) is 5.75 Å². The number of fused-ring (bicyclic) bond motifs is 5. The number of benzene rings is 1. The molecule has 0 saturated heterocycles. The molecule has 1 N–H and O–H groups in total. The van der Waals surface area contributed by atoms with Crippen LogP contribution in [0, 0.1) is 17.3 Å². The Bertz CT molecular complexity index is 890. The topological polar surface area (TPSA) is 29.5 Å². The van der Waals surface area contributed by atoms with E-state index in [-0.39, 0.29) is 5.41 Å². The van der Waals surface area contributed by atoms with Crippen LogP contribution >= 0.6 is 22.6 Å². The number of rotatable bonds is 12. The number of aliphatic hydroxyl groups is 1. The summed E-state index contributed by atoms with van der Waals surface area (Å²) in [7, 11) is 0. The third-order valence-corrected chi connectivity index (χ3v) is 28.1. The molecule has 0 bridgehead atoms. The van der Waals surface area contributed by atoms with Crippen molar-refractivity contribution in [3.63, 3.8) is 0 Å². The van der Waals surface area contributed by atoms with Crippen molar-refractivity contribution in [2.75, 3.05) is 0 Å². The van der Waals surface area contributed by atoms with Crippen molar-refractivity contribution in [2.45, 2.75) is 128 Å². The molecule has 2 saturated carbocycles. The van der Waals surface area contributed by atoms with Gasteiger partial charge < -0.3 is 0 Å². The molecular formula is C32H51IO2Sn. The first kappa shape index (κ1) is 29.2. The van der Waals surface area contributed by atoms with Crippen LogP contribution < -0.4 is 8.32 Å². The second-order valence-electron chi connectivity index (χ2n) is 12.6. The molecule has 3 aliphatic rings. The third-order valence-electron chi connectivity index (χ3n) is 10.7. The molecule has 202 valence electrons. The first-order valence-corrected chi connectivity index (χ1v) is 23.7. The second kappa shape index (κ2) is 12.2. The van der Waals surface area contributed by atoms with E-state index in [9.17, 15) is 5.11 Å². The summed E-state index contributed by atoms with van der Waals surface area (Å²) < 4.78 is 11.8. The van der Waals surface area contributed by atoms with Crippen LogP contribution in [0.25, 0.3) is 0 Å². The van der Waals surface area contributed by atoms with Crippen LogP contribution in [0.15, 0.2) is 25.0 Å². The van der Waals surface area contributed by atoms with Gasteiger partial charge in [-0.2, -0.15) is 0 Å². The van der Waals surface area contributed by atoms with E-state index in [0.717, 1.165) is 25.2 Å². The molecule has 3 aliphatic carbocycles. The van der Waals surface area contributed by atoms with E-state index in [2.05, 4.69) is 69.0 Å². The molecular weight excluding hydrogens is 662 g/mol. The summed E-state index contributed by atoms with van der Waals surface area (Å²) in [5.74, 6) is 3.23. The summed E-state index contributed by atoms with van der Waals surface area (Å²) >= 11 is -0.300. The molecule has 1 aromatic rings. The van der Waals surface area contributed by atoms with Crippen molar-refractivity contribution in [2.24, 2.45) is 17.3 Å². The Morgan fingerprint density at radius 3 is 2.25 bits per heavy atom. The summed E-state index contributed by atoms with van der Waals surface area (Å²) in [5, 5.41) is 11.3. The standard InChI is InChI=1S/C20H24IO2.3C4H9.Sn/c1-3-23-14-5-7-15-13(12-14)4-6-17-16(15)8-10-19(2)18(17)9-11-20(19,21)22;3*1-3-4-2;/h3,7,12,16-18,22H,1,4,6,8-11H2,2H3;3*1,3-4H2,2H3;/t16-,17-,18+,19+,20-;;;;/m1..../s1. The van der Waals surface area contributed by atoms with Crippen LogP contribution in [-0.4, -0.2) is 27.1 Å². The van der Waals surface area contributed by atoms with E-state index in [1.54, 1.807) is 21.0 Å². The van der Waals surface area contributed by atoms with Gasteiger partial charge in [0.25, 0.3) is 0 Å². The minimum atomic E-state index is -2.69. The Morgan fingerprint density at radius 2 is 1.67 bits per heavy atom. The van der Waals surface area contributed by atoms with E-state index in [1.165, 1.54) is 76.8 Å². The minimum absolute atomic E-state index is 0.0767. The predicted molar refractivity (Wildman–Crippen MR) is 165 cm³/mol. The number of aryl methyl sites for hydroxylation is 1. The summed E-state index contributed by atoms with van der Waals surface area (Å²) in [4.78, 5) is 0. The first-order chi connectivity index (χ1) is 17.3. The average Bonchev–Trinajstić information content (AvgIpc) is 3.12. The van der Waals surface area contributed by atoms with Gasteiger partial charge in [0.05, 0.1) is 0 Å². The molecule has 0 radical (unpaired) electrons. The van der Waals surface area contributed by atoms with Crippen LogP contribution in [-0.2, 0) is 6.42 Å². The molecule has 1 aromatic carbocycles. The zero-order chi connectivity index (χ0) is 26.0. The van der Waals surface area contributed by atoms with Crippen molar-refractivity contribution >= 4 is 44.5 Å². The van der Waals surface area contributed by atoms with Crippen LogP contribution in [0.1, 0.15) is 115 Å². The summed E-state index contributed by atoms with van der Waals surface area (Å²) in [6.07, 6.45) is 16.7. The fourth-order valence-electron chi connectivity index (χ4n) is 8.49. The quantitative estimate of drug-likeness (QED) is 0.101. The van der Waals surface area contributed by atoms with Crippen LogP contribution in [0.2, 0.25) is 13.3 Å². The second-order valence-corrected chi connectivity index (χ2v) is 27.5. The molecule has 2 fully saturated rings. The van der Waals surface area contributed by atoms with Crippen LogP contribution in [0.4, 0.5) is 0 Å². The molecule has 0 aromatic heterocycles. The number of ether oxygens (including phenoxy) is 1. The fourth-order valence-corrected chi connectivity index (χ4v) is 25.9. The summed E-state index contributed by atoms with van der Waals surface area (Å²) in [6, 6.07) is 5.20. The van der Waals surface area contributed by atoms with Gasteiger partial charge in [-0.15, -0.1) is 0 Å². The molecule has 0 unspecified atom stereocenters. The zero-order valence-electron chi connectivity index (χ0n) is 23.5. The van der Waals surface area contributed by atoms with E-state index in [1.807, 2.05) is 0 Å². The van der Waals surface area contributed by atoms with E-state index in [4.69, 9.17) is 4.74 Å². The SMILES string of the molecule is C=COc1cc2c(c[c]1[Sn]([CH2]CCC)([CH2]CCC)[CH2]CCC)[C@H]1CC[C@@]3(C)[C@@H](CC[C@]3(O)I)[C@@H]1CC2. The van der Waals surface area contributed by atoms with Crippen molar-refractivity contribution < 1.29 is 9.84 Å². The molecule has 36 heavy (non-hydrogen) atoms. The average molecular weight is 713 g/mol. The van der Waals surface area contributed by atoms with Gasteiger partial charge in [-0.3, -0.25) is 0 Å². The van der Waals surface area contributed by atoms with Gasteiger partial charge in [-0.1, -0.05) is 0 Å². The summed E-state index contributed by atoms with van der Waals surface area (Å²) in [6.45, 7) is 13.5. The van der Waals surface area contributed by atoms with Crippen molar-refractivity contribution in [1.82, 2.24) is 0 Å². The third kappa shape index (κ3) is 5.33. The molecule has 4 heteroatoms. The Hall–Kier alpha value is 0.249. The molecule has 2 nitrogen and oxygen atoms in total. The summed E-state index contributed by atoms with van der Waals surface area (Å²) in [5.41, 5.74) is 3.30. The van der Waals surface area contributed by atoms with Crippen LogP contribution in [0.3, 0.4) is 0 Å². The number of hydrogen-bond acceptors (Lipinski definition) is 2. The zero-order valence-corrected chi connectivity index (χ0v) is 28.5. The fraction of sp³-hybridized carbons (Fsp3) is 0.750. The molecule has 5 atom stereocenters. The monoisotopic (exact) mass is 714 g/mol. The molecule has 0 aliphatic heterocycles. The van der Waals surface area contributed by atoms with Gasteiger partial charge in [-0.25, -0.2) is 0 Å². The van der Waals surface area contributed by atoms with Gasteiger partial charge in [-0.05, 0) is 0 Å². The van der Waals surface area contributed by atoms with Gasteiger partial charge >= 0.3 is 241 Å². The van der Waals surface area contributed by atoms with Crippen molar-refractivity contribution in [3.05, 3.63) is 36.1 Å². The Balaban J connectivity index is 1.79. The molecule has 4 rings (SSSR count). The van der Waals surface area contributed by atoms with Gasteiger partial charge in [0, 0.05) is 0 Å². The number of alkyl halides is 1. The Kier molecular flexibility index (Phi) is 9.90. The van der Waals surface area contributed by atoms with Crippen molar-refractivity contribution in [3.8, 4) is 5.75 Å². The maximum atomic E-state index is 11.3. The Morgan fingerprint density at radius 1 is 1.03 bits per heavy atom. The molecule has 0 spiro atoms. The first-order valence-electron chi connectivity index (χ1n) is 15.1. The van der Waals surface area contributed by atoms with Gasteiger partial charge in [0.2, 0.25) is 0 Å². The maximum absolute atomic E-state index is 11.3. The normalized spacial score (nSPS) is 31.4. The van der Waals surface area contributed by atoms with E-state index >= 15 is 0 Å². The van der Waals surface area contributed by atoms with Gasteiger partial charge in [0.1, 0.15) is 0 Å². The van der Waals surface area contributed by atoms with E-state index < -0.39 is 22.0 Å². The van der Waals surface area contributed by atoms with Crippen molar-refractivity contribution in [1.29, 1.82) is 0 Å². The molecule has 0 amide bonds. The van der Waals surface area contributed by atoms with E-state index in [0.29, 0.717) is 11.8 Å². The number of halogens is 1. The predicted octanol–water partition coefficient (Wildman–Crippen LogP) is 9.24. The molecule has 0 heterocycles. The number of hydrogen-bond donors (Lipinski definition) is 1.